The molecule has 0 aliphatic rings. The standard InChI is InChI=1S/C28H33Cl2N7O3/c1-8-17(2)33-19-10-9-18(11-12-36(3)4)13-20(19)34-23-15-24(32-16-31-23)37(5)28(38)35-27-25(29)21(39-6)14-22(40-7)26(27)30/h8-10,13-16,33H,1-2,11-12H2,3-7H3,(H,35,38)(H,31,32,34). The van der Waals surface area contributed by atoms with Gasteiger partial charge in [-0.05, 0) is 44.3 Å². The minimum absolute atomic E-state index is 0.135. The molecule has 2 amide bonds. The highest BCUT2D eigenvalue weighted by atomic mass is 35.5. The second kappa shape index (κ2) is 13.9. The fraction of sp³-hybridized carbons (Fsp3) is 0.250. The quantitative estimate of drug-likeness (QED) is 0.209. The number of methoxy groups -OCH3 is 2. The average Bonchev–Trinajstić information content (AvgIpc) is 2.95. The first-order valence-electron chi connectivity index (χ1n) is 12.2. The summed E-state index contributed by atoms with van der Waals surface area (Å²) in [6, 6.07) is 8.71. The van der Waals surface area contributed by atoms with Crippen LogP contribution in [0.3, 0.4) is 0 Å². The molecule has 0 radical (unpaired) electrons. The van der Waals surface area contributed by atoms with Gasteiger partial charge in [0.15, 0.2) is 0 Å². The van der Waals surface area contributed by atoms with Gasteiger partial charge in [-0.2, -0.15) is 0 Å². The monoisotopic (exact) mass is 585 g/mol. The Morgan fingerprint density at radius 3 is 2.27 bits per heavy atom. The number of rotatable bonds is 12. The largest absolute Gasteiger partial charge is 0.495 e. The van der Waals surface area contributed by atoms with Crippen molar-refractivity contribution < 1.29 is 14.3 Å². The van der Waals surface area contributed by atoms with Gasteiger partial charge in [0.2, 0.25) is 0 Å². The maximum atomic E-state index is 13.2. The molecule has 0 saturated carbocycles. The van der Waals surface area contributed by atoms with Crippen LogP contribution < -0.4 is 30.3 Å². The van der Waals surface area contributed by atoms with E-state index in [4.69, 9.17) is 32.7 Å². The van der Waals surface area contributed by atoms with E-state index in [0.29, 0.717) is 28.8 Å². The number of carbonyl (C=O) groups is 1. The molecule has 12 heteroatoms. The van der Waals surface area contributed by atoms with Crippen LogP contribution in [-0.4, -0.2) is 62.8 Å². The highest BCUT2D eigenvalue weighted by molar-refractivity contribution is 6.41. The van der Waals surface area contributed by atoms with Crippen LogP contribution in [0.25, 0.3) is 0 Å². The molecule has 0 saturated heterocycles. The van der Waals surface area contributed by atoms with E-state index < -0.39 is 6.03 Å². The Labute approximate surface area is 244 Å². The summed E-state index contributed by atoms with van der Waals surface area (Å²) < 4.78 is 10.6. The molecule has 10 nitrogen and oxygen atoms in total. The summed E-state index contributed by atoms with van der Waals surface area (Å²) in [6.45, 7) is 8.61. The Balaban J connectivity index is 1.87. The number of benzene rings is 2. The van der Waals surface area contributed by atoms with Crippen LogP contribution in [0.15, 0.2) is 61.6 Å². The van der Waals surface area contributed by atoms with Crippen LogP contribution in [0.4, 0.5) is 33.5 Å². The zero-order valence-electron chi connectivity index (χ0n) is 23.1. The molecule has 0 aliphatic heterocycles. The number of likely N-dealkylation sites (N-methyl/N-ethyl adjacent to an activating group) is 1. The Bertz CT molecular complexity index is 1370. The number of anilines is 5. The van der Waals surface area contributed by atoms with Crippen molar-refractivity contribution in [2.75, 3.05) is 62.8 Å². The molecule has 0 fully saturated rings. The van der Waals surface area contributed by atoms with Crippen molar-refractivity contribution in [3.05, 3.63) is 77.2 Å². The van der Waals surface area contributed by atoms with Gasteiger partial charge in [-0.3, -0.25) is 4.90 Å². The third kappa shape index (κ3) is 7.56. The Morgan fingerprint density at radius 1 is 1.00 bits per heavy atom. The van der Waals surface area contributed by atoms with E-state index in [1.165, 1.54) is 31.5 Å². The van der Waals surface area contributed by atoms with Crippen LogP contribution >= 0.6 is 23.2 Å². The number of carbonyl (C=O) groups excluding carboxylic acids is 1. The van der Waals surface area contributed by atoms with Crippen molar-refractivity contribution in [3.8, 4) is 11.5 Å². The maximum absolute atomic E-state index is 13.2. The molecule has 2 aromatic carbocycles. The summed E-state index contributed by atoms with van der Waals surface area (Å²) in [4.78, 5) is 25.2. The lowest BCUT2D eigenvalue weighted by atomic mass is 10.1. The molecule has 1 heterocycles. The van der Waals surface area contributed by atoms with E-state index in [1.807, 2.05) is 26.2 Å². The van der Waals surface area contributed by atoms with Gasteiger partial charge in [-0.25, -0.2) is 14.8 Å². The number of hydrogen-bond donors (Lipinski definition) is 3. The third-order valence-corrected chi connectivity index (χ3v) is 6.59. The number of hydrogen-bond acceptors (Lipinski definition) is 8. The van der Waals surface area contributed by atoms with Gasteiger partial charge in [0.05, 0.1) is 31.3 Å². The van der Waals surface area contributed by atoms with Crippen LogP contribution in [0.2, 0.25) is 10.0 Å². The van der Waals surface area contributed by atoms with E-state index in [9.17, 15) is 4.79 Å². The van der Waals surface area contributed by atoms with Crippen LogP contribution in [0.5, 0.6) is 11.5 Å². The molecule has 1 aromatic heterocycles. The van der Waals surface area contributed by atoms with E-state index in [1.54, 1.807) is 19.2 Å². The second-order valence-electron chi connectivity index (χ2n) is 8.95. The number of allylic oxidation sites excluding steroid dienone is 1. The topological polar surface area (TPSA) is 104 Å². The van der Waals surface area contributed by atoms with Gasteiger partial charge < -0.3 is 30.3 Å². The summed E-state index contributed by atoms with van der Waals surface area (Å²) in [6.07, 6.45) is 3.86. The van der Waals surface area contributed by atoms with Crippen molar-refractivity contribution >= 4 is 57.9 Å². The van der Waals surface area contributed by atoms with Gasteiger partial charge in [-0.1, -0.05) is 42.4 Å². The molecule has 0 bridgehead atoms. The zero-order chi connectivity index (χ0) is 29.4. The first-order chi connectivity index (χ1) is 19.1. The first kappa shape index (κ1) is 30.6. The molecule has 0 aliphatic carbocycles. The van der Waals surface area contributed by atoms with Crippen LogP contribution in [-0.2, 0) is 6.42 Å². The first-order valence-corrected chi connectivity index (χ1v) is 12.9. The maximum Gasteiger partial charge on any atom is 0.327 e. The van der Waals surface area contributed by atoms with Gasteiger partial charge >= 0.3 is 6.03 Å². The zero-order valence-corrected chi connectivity index (χ0v) is 24.7. The number of nitrogens with one attached hydrogen (secondary N) is 3. The molecule has 0 unspecified atom stereocenters. The lowest BCUT2D eigenvalue weighted by molar-refractivity contribution is 0.258. The van der Waals surface area contributed by atoms with Crippen molar-refractivity contribution in [1.82, 2.24) is 14.9 Å². The van der Waals surface area contributed by atoms with Crippen molar-refractivity contribution in [3.63, 3.8) is 0 Å². The number of amides is 2. The molecule has 40 heavy (non-hydrogen) atoms. The van der Waals surface area contributed by atoms with Gasteiger partial charge in [0.25, 0.3) is 0 Å². The van der Waals surface area contributed by atoms with Gasteiger partial charge in [0, 0.05) is 31.4 Å². The number of aromatic nitrogens is 2. The van der Waals surface area contributed by atoms with Crippen molar-refractivity contribution in [2.45, 2.75) is 6.42 Å². The molecule has 0 atom stereocenters. The number of halogens is 2. The van der Waals surface area contributed by atoms with Gasteiger partial charge in [0.1, 0.15) is 39.5 Å². The van der Waals surface area contributed by atoms with Crippen LogP contribution in [0.1, 0.15) is 5.56 Å². The van der Waals surface area contributed by atoms with Crippen molar-refractivity contribution in [2.24, 2.45) is 0 Å². The third-order valence-electron chi connectivity index (χ3n) is 5.84. The Kier molecular flexibility index (Phi) is 10.6. The SMILES string of the molecule is C=CC(=C)Nc1ccc(CCN(C)C)cc1Nc1cc(N(C)C(=O)Nc2c(Cl)c(OC)cc(OC)c2Cl)ncn1. The van der Waals surface area contributed by atoms with E-state index in [0.717, 1.165) is 29.9 Å². The molecular weight excluding hydrogens is 553 g/mol. The summed E-state index contributed by atoms with van der Waals surface area (Å²) in [5.41, 5.74) is 3.50. The fourth-order valence-corrected chi connectivity index (χ4v) is 4.16. The predicted molar refractivity (Wildman–Crippen MR) is 164 cm³/mol. The van der Waals surface area contributed by atoms with Gasteiger partial charge in [-0.15, -0.1) is 0 Å². The van der Waals surface area contributed by atoms with E-state index >= 15 is 0 Å². The fourth-order valence-electron chi connectivity index (χ4n) is 3.56. The summed E-state index contributed by atoms with van der Waals surface area (Å²) >= 11 is 12.8. The minimum atomic E-state index is -0.543. The Morgan fingerprint density at radius 2 is 1.68 bits per heavy atom. The number of nitrogens with zero attached hydrogens (tertiary/aromatic N) is 4. The lowest BCUT2D eigenvalue weighted by Gasteiger charge is -2.20. The minimum Gasteiger partial charge on any atom is -0.495 e. The number of ether oxygens (including phenoxy) is 2. The normalized spacial score (nSPS) is 10.6. The average molecular weight is 587 g/mol. The summed E-state index contributed by atoms with van der Waals surface area (Å²) in [7, 11) is 8.53. The molecule has 3 N–H and O–H groups in total. The van der Waals surface area contributed by atoms with E-state index in [-0.39, 0.29) is 15.7 Å². The molecule has 3 aromatic rings. The second-order valence-corrected chi connectivity index (χ2v) is 9.70. The highest BCUT2D eigenvalue weighted by Crippen LogP contribution is 2.44. The summed E-state index contributed by atoms with van der Waals surface area (Å²) in [5, 5.41) is 9.54. The predicted octanol–water partition coefficient (Wildman–Crippen LogP) is 6.43. The van der Waals surface area contributed by atoms with Crippen LogP contribution in [0, 0.1) is 0 Å². The highest BCUT2D eigenvalue weighted by Gasteiger charge is 2.22. The number of urea groups is 1. The molecular formula is C28H33Cl2N7O3. The smallest absolute Gasteiger partial charge is 0.327 e. The van der Waals surface area contributed by atoms with Crippen molar-refractivity contribution in [1.29, 1.82) is 0 Å². The molecule has 3 rings (SSSR count). The molecule has 0 spiro atoms. The lowest BCUT2D eigenvalue weighted by Crippen LogP contribution is -2.32. The molecule has 212 valence electrons. The van der Waals surface area contributed by atoms with E-state index in [2.05, 4.69) is 50.0 Å². The summed E-state index contributed by atoms with van der Waals surface area (Å²) in [5.74, 6) is 1.39. The Hall–Kier alpha value is -3.99.